The van der Waals surface area contributed by atoms with Crippen molar-refractivity contribution in [1.29, 1.82) is 0 Å². The van der Waals surface area contributed by atoms with Crippen molar-refractivity contribution >= 4 is 11.9 Å². The molecular formula is C15H18FNO4. The number of methoxy groups -OCH3 is 1. The molecule has 6 heteroatoms. The minimum absolute atomic E-state index is 0.0796. The molecule has 1 atom stereocenters. The van der Waals surface area contributed by atoms with Crippen LogP contribution in [0, 0.1) is 5.82 Å². The van der Waals surface area contributed by atoms with Crippen LogP contribution >= 0.6 is 0 Å². The Morgan fingerprint density at radius 2 is 2.19 bits per heavy atom. The van der Waals surface area contributed by atoms with Gasteiger partial charge in [-0.2, -0.15) is 0 Å². The molecule has 0 saturated carbocycles. The molecule has 1 saturated heterocycles. The number of carbonyl (C=O) groups is 2. The molecule has 5 nitrogen and oxygen atoms in total. The van der Waals surface area contributed by atoms with Crippen LogP contribution in [0.1, 0.15) is 25.3 Å². The van der Waals surface area contributed by atoms with E-state index in [0.717, 1.165) is 0 Å². The van der Waals surface area contributed by atoms with Crippen LogP contribution in [0.3, 0.4) is 0 Å². The molecule has 0 bridgehead atoms. The largest absolute Gasteiger partial charge is 0.496 e. The summed E-state index contributed by atoms with van der Waals surface area (Å²) in [7, 11) is 1.44. The number of hydrogen-bond donors (Lipinski definition) is 1. The zero-order valence-electron chi connectivity index (χ0n) is 12.1. The third kappa shape index (κ3) is 2.84. The molecule has 0 aromatic heterocycles. The molecule has 1 N–H and O–H groups in total. The van der Waals surface area contributed by atoms with Crippen LogP contribution in [-0.2, 0) is 16.0 Å². The van der Waals surface area contributed by atoms with Crippen molar-refractivity contribution in [3.63, 3.8) is 0 Å². The lowest BCUT2D eigenvalue weighted by Crippen LogP contribution is -2.51. The average Bonchev–Trinajstić information content (AvgIpc) is 2.82. The third-order valence-corrected chi connectivity index (χ3v) is 3.99. The Morgan fingerprint density at radius 1 is 1.48 bits per heavy atom. The zero-order chi connectivity index (χ0) is 15.6. The Bertz CT molecular complexity index is 575. The lowest BCUT2D eigenvalue weighted by molar-refractivity contribution is -0.155. The number of halogens is 1. The number of carboxylic acid groups (broad SMARTS) is 1. The van der Waals surface area contributed by atoms with Crippen molar-refractivity contribution in [3.05, 3.63) is 29.6 Å². The summed E-state index contributed by atoms with van der Waals surface area (Å²) in [5.41, 5.74) is -0.764. The average molecular weight is 295 g/mol. The molecule has 114 valence electrons. The summed E-state index contributed by atoms with van der Waals surface area (Å²) in [6.07, 6.45) is 0.993. The molecular weight excluding hydrogens is 277 g/mol. The first-order valence-corrected chi connectivity index (χ1v) is 6.75. The van der Waals surface area contributed by atoms with E-state index in [-0.39, 0.29) is 12.3 Å². The topological polar surface area (TPSA) is 66.8 Å². The summed E-state index contributed by atoms with van der Waals surface area (Å²) in [4.78, 5) is 25.1. The first-order chi connectivity index (χ1) is 9.88. The highest BCUT2D eigenvalue weighted by Crippen LogP contribution is 2.30. The second kappa shape index (κ2) is 5.71. The number of hydrogen-bond acceptors (Lipinski definition) is 3. The summed E-state index contributed by atoms with van der Waals surface area (Å²) in [5.74, 6) is -1.39. The molecule has 0 radical (unpaired) electrons. The summed E-state index contributed by atoms with van der Waals surface area (Å²) >= 11 is 0. The molecule has 1 aromatic carbocycles. The molecule has 0 aliphatic carbocycles. The Kier molecular flexibility index (Phi) is 4.16. The van der Waals surface area contributed by atoms with Gasteiger partial charge >= 0.3 is 5.97 Å². The van der Waals surface area contributed by atoms with Gasteiger partial charge in [0.1, 0.15) is 17.1 Å². The quantitative estimate of drug-likeness (QED) is 0.920. The van der Waals surface area contributed by atoms with Gasteiger partial charge in [-0.15, -0.1) is 0 Å². The summed E-state index contributed by atoms with van der Waals surface area (Å²) < 4.78 is 18.4. The predicted molar refractivity (Wildman–Crippen MR) is 73.6 cm³/mol. The molecule has 0 spiro atoms. The van der Waals surface area contributed by atoms with E-state index < -0.39 is 17.3 Å². The van der Waals surface area contributed by atoms with Crippen LogP contribution in [0.15, 0.2) is 18.2 Å². The van der Waals surface area contributed by atoms with Crippen LogP contribution in [0.4, 0.5) is 4.39 Å². The fourth-order valence-electron chi connectivity index (χ4n) is 2.73. The smallest absolute Gasteiger partial charge is 0.329 e. The van der Waals surface area contributed by atoms with E-state index in [1.165, 1.54) is 30.2 Å². The number of aliphatic carboxylic acids is 1. The predicted octanol–water partition coefficient (Wildman–Crippen LogP) is 1.84. The first-order valence-electron chi connectivity index (χ1n) is 6.75. The number of likely N-dealkylation sites (tertiary alicyclic amines) is 1. The summed E-state index contributed by atoms with van der Waals surface area (Å²) in [6, 6.07) is 3.95. The van der Waals surface area contributed by atoms with E-state index in [4.69, 9.17) is 4.74 Å². The van der Waals surface area contributed by atoms with Gasteiger partial charge in [0.25, 0.3) is 0 Å². The van der Waals surface area contributed by atoms with Gasteiger partial charge in [0.15, 0.2) is 0 Å². The Hall–Kier alpha value is -2.11. The van der Waals surface area contributed by atoms with E-state index in [9.17, 15) is 19.1 Å². The normalized spacial score (nSPS) is 21.4. The van der Waals surface area contributed by atoms with Crippen LogP contribution < -0.4 is 4.74 Å². The standard InChI is InChI=1S/C15H18FNO4/c1-15(14(19)20)6-3-7-17(15)13(18)9-10-8-11(16)4-5-12(10)21-2/h4-5,8H,3,6-7,9H2,1-2H3,(H,19,20). The third-order valence-electron chi connectivity index (χ3n) is 3.99. The van der Waals surface area contributed by atoms with Crippen molar-refractivity contribution in [2.24, 2.45) is 0 Å². The molecule has 2 rings (SSSR count). The molecule has 1 unspecified atom stereocenters. The fraction of sp³-hybridized carbons (Fsp3) is 0.467. The van der Waals surface area contributed by atoms with E-state index in [0.29, 0.717) is 30.7 Å². The molecule has 1 fully saturated rings. The van der Waals surface area contributed by atoms with E-state index in [1.54, 1.807) is 6.92 Å². The van der Waals surface area contributed by atoms with Crippen LogP contribution in [-0.4, -0.2) is 41.1 Å². The minimum Gasteiger partial charge on any atom is -0.496 e. The first kappa shape index (κ1) is 15.3. The molecule has 1 amide bonds. The maximum atomic E-state index is 13.3. The second-order valence-electron chi connectivity index (χ2n) is 5.36. The maximum absolute atomic E-state index is 13.3. The van der Waals surface area contributed by atoms with Crippen LogP contribution in [0.2, 0.25) is 0 Å². The van der Waals surface area contributed by atoms with Crippen LogP contribution in [0.25, 0.3) is 0 Å². The number of ether oxygens (including phenoxy) is 1. The monoisotopic (exact) mass is 295 g/mol. The molecule has 1 heterocycles. The Balaban J connectivity index is 2.22. The molecule has 21 heavy (non-hydrogen) atoms. The van der Waals surface area contributed by atoms with Gasteiger partial charge in [-0.1, -0.05) is 0 Å². The van der Waals surface area contributed by atoms with Gasteiger partial charge < -0.3 is 14.7 Å². The number of carbonyl (C=O) groups excluding carboxylic acids is 1. The zero-order valence-corrected chi connectivity index (χ0v) is 12.1. The highest BCUT2D eigenvalue weighted by atomic mass is 19.1. The molecule has 1 aromatic rings. The van der Waals surface area contributed by atoms with Gasteiger partial charge in [0.2, 0.25) is 5.91 Å². The highest BCUT2D eigenvalue weighted by Gasteiger charge is 2.45. The van der Waals surface area contributed by atoms with Gasteiger partial charge in [0, 0.05) is 12.1 Å². The second-order valence-corrected chi connectivity index (χ2v) is 5.36. The highest BCUT2D eigenvalue weighted by molar-refractivity contribution is 5.88. The summed E-state index contributed by atoms with van der Waals surface area (Å²) in [6.45, 7) is 1.95. The minimum atomic E-state index is -1.18. The van der Waals surface area contributed by atoms with E-state index >= 15 is 0 Å². The van der Waals surface area contributed by atoms with E-state index in [2.05, 4.69) is 0 Å². The number of carboxylic acids is 1. The summed E-state index contributed by atoms with van der Waals surface area (Å²) in [5, 5.41) is 9.32. The van der Waals surface area contributed by atoms with Crippen molar-refractivity contribution in [2.75, 3.05) is 13.7 Å². The lowest BCUT2D eigenvalue weighted by Gasteiger charge is -2.31. The number of nitrogens with zero attached hydrogens (tertiary/aromatic N) is 1. The maximum Gasteiger partial charge on any atom is 0.329 e. The van der Waals surface area contributed by atoms with E-state index in [1.807, 2.05) is 0 Å². The van der Waals surface area contributed by atoms with Crippen molar-refractivity contribution in [2.45, 2.75) is 31.7 Å². The van der Waals surface area contributed by atoms with Crippen molar-refractivity contribution in [1.82, 2.24) is 4.90 Å². The Labute approximate surface area is 122 Å². The van der Waals surface area contributed by atoms with Gasteiger partial charge in [-0.3, -0.25) is 4.79 Å². The SMILES string of the molecule is COc1ccc(F)cc1CC(=O)N1CCCC1(C)C(=O)O. The Morgan fingerprint density at radius 3 is 2.81 bits per heavy atom. The van der Waals surface area contributed by atoms with Crippen molar-refractivity contribution in [3.8, 4) is 5.75 Å². The number of amides is 1. The molecule has 1 aliphatic rings. The van der Waals surface area contributed by atoms with Gasteiger partial charge in [-0.25, -0.2) is 9.18 Å². The van der Waals surface area contributed by atoms with Gasteiger partial charge in [-0.05, 0) is 38.0 Å². The lowest BCUT2D eigenvalue weighted by atomic mass is 9.98. The van der Waals surface area contributed by atoms with Crippen LogP contribution in [0.5, 0.6) is 5.75 Å². The number of benzene rings is 1. The number of rotatable bonds is 4. The fourth-order valence-corrected chi connectivity index (χ4v) is 2.73. The molecule has 1 aliphatic heterocycles. The van der Waals surface area contributed by atoms with Gasteiger partial charge in [0.05, 0.1) is 13.5 Å². The van der Waals surface area contributed by atoms with Crippen molar-refractivity contribution < 1.29 is 23.8 Å².